The van der Waals surface area contributed by atoms with Crippen LogP contribution < -0.4 is 10.1 Å². The van der Waals surface area contributed by atoms with Gasteiger partial charge in [-0.1, -0.05) is 22.0 Å². The third-order valence-corrected chi connectivity index (χ3v) is 3.06. The normalized spacial score (nSPS) is 12.2. The highest BCUT2D eigenvalue weighted by molar-refractivity contribution is 9.10. The molecule has 2 nitrogen and oxygen atoms in total. The van der Waals surface area contributed by atoms with Gasteiger partial charge in [0.1, 0.15) is 5.75 Å². The lowest BCUT2D eigenvalue weighted by Crippen LogP contribution is -2.27. The van der Waals surface area contributed by atoms with E-state index in [-0.39, 0.29) is 0 Å². The molecule has 0 bridgehead atoms. The summed E-state index contributed by atoms with van der Waals surface area (Å²) in [6.45, 7) is 3.77. The van der Waals surface area contributed by atoms with Crippen LogP contribution in [0.1, 0.15) is 12.0 Å². The first kappa shape index (κ1) is 13.3. The molecule has 0 radical (unpaired) electrons. The summed E-state index contributed by atoms with van der Waals surface area (Å²) in [4.78, 5) is 0. The van der Waals surface area contributed by atoms with Crippen LogP contribution in [0.4, 0.5) is 0 Å². The van der Waals surface area contributed by atoms with Crippen LogP contribution in [0.5, 0.6) is 5.75 Å². The maximum absolute atomic E-state index is 5.35. The molecule has 0 heterocycles. The van der Waals surface area contributed by atoms with Crippen LogP contribution in [0.15, 0.2) is 35.3 Å². The van der Waals surface area contributed by atoms with Gasteiger partial charge in [-0.05, 0) is 43.7 Å². The maximum atomic E-state index is 5.35. The average Bonchev–Trinajstić information content (AvgIpc) is 2.29. The minimum absolute atomic E-state index is 0.403. The van der Waals surface area contributed by atoms with E-state index < -0.39 is 0 Å². The van der Waals surface area contributed by atoms with E-state index >= 15 is 0 Å². The fraction of sp³-hybridized carbons (Fsp3) is 0.385. The molecule has 3 heteroatoms. The van der Waals surface area contributed by atoms with Gasteiger partial charge in [0.2, 0.25) is 0 Å². The SMILES string of the molecule is C=CCC(Cc1cc(Br)ccc1OC)NC. The van der Waals surface area contributed by atoms with Crippen molar-refractivity contribution in [3.63, 3.8) is 0 Å². The Kier molecular flexibility index (Phi) is 5.56. The molecule has 1 atom stereocenters. The molecule has 0 amide bonds. The fourth-order valence-electron chi connectivity index (χ4n) is 1.68. The summed E-state index contributed by atoms with van der Waals surface area (Å²) < 4.78 is 6.43. The standard InChI is InChI=1S/C13H18BrNO/c1-4-5-12(15-2)9-10-8-11(14)6-7-13(10)16-3/h4,6-8,12,15H,1,5,9H2,2-3H3. The Morgan fingerprint density at radius 3 is 2.88 bits per heavy atom. The van der Waals surface area contributed by atoms with E-state index in [0.717, 1.165) is 23.1 Å². The van der Waals surface area contributed by atoms with Gasteiger partial charge in [0, 0.05) is 10.5 Å². The van der Waals surface area contributed by atoms with Gasteiger partial charge < -0.3 is 10.1 Å². The molecule has 88 valence electrons. The number of nitrogens with one attached hydrogen (secondary N) is 1. The molecule has 0 aromatic heterocycles. The van der Waals surface area contributed by atoms with Gasteiger partial charge in [0.05, 0.1) is 7.11 Å². The first-order valence-electron chi connectivity index (χ1n) is 5.31. The van der Waals surface area contributed by atoms with Gasteiger partial charge in [0.25, 0.3) is 0 Å². The lowest BCUT2D eigenvalue weighted by atomic mass is 10.0. The Labute approximate surface area is 106 Å². The second kappa shape index (κ2) is 6.71. The lowest BCUT2D eigenvalue weighted by molar-refractivity contribution is 0.406. The zero-order valence-corrected chi connectivity index (χ0v) is 11.4. The molecule has 16 heavy (non-hydrogen) atoms. The molecule has 0 aliphatic rings. The summed E-state index contributed by atoms with van der Waals surface area (Å²) in [5.41, 5.74) is 1.21. The zero-order valence-electron chi connectivity index (χ0n) is 9.79. The van der Waals surface area contributed by atoms with Gasteiger partial charge in [0.15, 0.2) is 0 Å². The highest BCUT2D eigenvalue weighted by atomic mass is 79.9. The average molecular weight is 284 g/mol. The summed E-state index contributed by atoms with van der Waals surface area (Å²) in [5.74, 6) is 0.938. The summed E-state index contributed by atoms with van der Waals surface area (Å²) >= 11 is 3.48. The summed E-state index contributed by atoms with van der Waals surface area (Å²) in [6, 6.07) is 6.48. The van der Waals surface area contributed by atoms with Crippen LogP contribution in [0, 0.1) is 0 Å². The van der Waals surface area contributed by atoms with Gasteiger partial charge in [-0.3, -0.25) is 0 Å². The molecule has 0 spiro atoms. The lowest BCUT2D eigenvalue weighted by Gasteiger charge is -2.16. The molecule has 1 rings (SSSR count). The smallest absolute Gasteiger partial charge is 0.122 e. The zero-order chi connectivity index (χ0) is 12.0. The highest BCUT2D eigenvalue weighted by Crippen LogP contribution is 2.24. The third-order valence-electron chi connectivity index (χ3n) is 2.57. The van der Waals surface area contributed by atoms with Crippen LogP contribution in [0.3, 0.4) is 0 Å². The Morgan fingerprint density at radius 1 is 1.56 bits per heavy atom. The highest BCUT2D eigenvalue weighted by Gasteiger charge is 2.10. The van der Waals surface area contributed by atoms with Crippen LogP contribution >= 0.6 is 15.9 Å². The topological polar surface area (TPSA) is 21.3 Å². The number of methoxy groups -OCH3 is 1. The molecule has 1 N–H and O–H groups in total. The molecule has 0 saturated heterocycles. The first-order chi connectivity index (χ1) is 7.71. The third kappa shape index (κ3) is 3.65. The summed E-state index contributed by atoms with van der Waals surface area (Å²) in [7, 11) is 3.67. The van der Waals surface area contributed by atoms with Crippen molar-refractivity contribution in [2.24, 2.45) is 0 Å². The van der Waals surface area contributed by atoms with E-state index in [1.54, 1.807) is 7.11 Å². The van der Waals surface area contributed by atoms with Crippen LogP contribution in [0.25, 0.3) is 0 Å². The number of benzene rings is 1. The minimum atomic E-state index is 0.403. The van der Waals surface area contributed by atoms with Crippen molar-refractivity contribution >= 4 is 15.9 Å². The van der Waals surface area contributed by atoms with E-state index in [4.69, 9.17) is 4.74 Å². The van der Waals surface area contributed by atoms with E-state index in [9.17, 15) is 0 Å². The minimum Gasteiger partial charge on any atom is -0.496 e. The molecule has 0 saturated carbocycles. The van der Waals surface area contributed by atoms with Crippen molar-refractivity contribution < 1.29 is 4.74 Å². The number of rotatable bonds is 6. The van der Waals surface area contributed by atoms with Crippen LogP contribution in [-0.4, -0.2) is 20.2 Å². The van der Waals surface area contributed by atoms with Crippen molar-refractivity contribution in [3.8, 4) is 5.75 Å². The van der Waals surface area contributed by atoms with Crippen molar-refractivity contribution in [1.29, 1.82) is 0 Å². The molecule has 1 aromatic carbocycles. The summed E-state index contributed by atoms with van der Waals surface area (Å²) in [6.07, 6.45) is 3.82. The number of likely N-dealkylation sites (N-methyl/N-ethyl adjacent to an activating group) is 1. The van der Waals surface area contributed by atoms with Crippen molar-refractivity contribution in [2.45, 2.75) is 18.9 Å². The predicted octanol–water partition coefficient (Wildman–Crippen LogP) is 3.16. The van der Waals surface area contributed by atoms with Gasteiger partial charge in [-0.25, -0.2) is 0 Å². The number of halogens is 1. The Morgan fingerprint density at radius 2 is 2.31 bits per heavy atom. The fourth-order valence-corrected chi connectivity index (χ4v) is 2.09. The number of ether oxygens (including phenoxy) is 1. The Balaban J connectivity index is 2.84. The first-order valence-corrected chi connectivity index (χ1v) is 6.11. The molecule has 0 fully saturated rings. The molecule has 0 aliphatic carbocycles. The van der Waals surface area contributed by atoms with Crippen molar-refractivity contribution in [3.05, 3.63) is 40.9 Å². The Bertz CT molecular complexity index is 352. The van der Waals surface area contributed by atoms with Crippen LogP contribution in [-0.2, 0) is 6.42 Å². The molecular weight excluding hydrogens is 266 g/mol. The second-order valence-corrected chi connectivity index (χ2v) is 4.59. The van der Waals surface area contributed by atoms with Gasteiger partial charge in [-0.15, -0.1) is 6.58 Å². The number of hydrogen-bond acceptors (Lipinski definition) is 2. The quantitative estimate of drug-likeness (QED) is 0.810. The predicted molar refractivity (Wildman–Crippen MR) is 72.1 cm³/mol. The van der Waals surface area contributed by atoms with Crippen molar-refractivity contribution in [1.82, 2.24) is 5.32 Å². The van der Waals surface area contributed by atoms with Crippen molar-refractivity contribution in [2.75, 3.05) is 14.2 Å². The van der Waals surface area contributed by atoms with Gasteiger partial charge >= 0.3 is 0 Å². The molecule has 1 aromatic rings. The van der Waals surface area contributed by atoms with Crippen LogP contribution in [0.2, 0.25) is 0 Å². The summed E-state index contributed by atoms with van der Waals surface area (Å²) in [5, 5.41) is 3.28. The van der Waals surface area contributed by atoms with E-state index in [0.29, 0.717) is 6.04 Å². The van der Waals surface area contributed by atoms with E-state index in [1.807, 2.05) is 25.3 Å². The largest absolute Gasteiger partial charge is 0.496 e. The van der Waals surface area contributed by atoms with E-state index in [1.165, 1.54) is 5.56 Å². The molecule has 0 aliphatic heterocycles. The molecule has 1 unspecified atom stereocenters. The maximum Gasteiger partial charge on any atom is 0.122 e. The monoisotopic (exact) mass is 283 g/mol. The Hall–Kier alpha value is -0.800. The number of hydrogen-bond donors (Lipinski definition) is 1. The van der Waals surface area contributed by atoms with Gasteiger partial charge in [-0.2, -0.15) is 0 Å². The second-order valence-electron chi connectivity index (χ2n) is 3.67. The molecular formula is C13H18BrNO. The van der Waals surface area contributed by atoms with E-state index in [2.05, 4.69) is 33.9 Å².